The maximum Gasteiger partial charge on any atom is 0.229 e. The Bertz CT molecular complexity index is 1330. The fourth-order valence-electron chi connectivity index (χ4n) is 3.91. The van der Waals surface area contributed by atoms with Crippen LogP contribution in [0.2, 0.25) is 0 Å². The largest absolute Gasteiger partial charge is 0.422 e. The van der Waals surface area contributed by atoms with Crippen LogP contribution in [-0.2, 0) is 7.05 Å². The predicted octanol–water partition coefficient (Wildman–Crippen LogP) is 4.25. The lowest BCUT2D eigenvalue weighted by atomic mass is 9.86. The standard InChI is InChI=1S/C23H17BrN6O/c1-29-21(17(24)13-27-29)18-16(12-25)22(26)31-23-19(18)20(14-8-4-2-5-9-14)28-30(23)15-10-6-3-7-11-15/h2-11,13,18H,26H2,1H3. The van der Waals surface area contributed by atoms with E-state index in [2.05, 4.69) is 27.1 Å². The maximum atomic E-state index is 9.98. The molecule has 0 amide bonds. The SMILES string of the molecule is Cn1ncc(Br)c1C1C(C#N)=C(N)Oc2c1c(-c1ccccc1)nn2-c1ccccc1. The molecule has 7 nitrogen and oxygen atoms in total. The number of nitriles is 1. The summed E-state index contributed by atoms with van der Waals surface area (Å²) in [5.41, 5.74) is 10.6. The minimum atomic E-state index is -0.497. The number of aromatic nitrogens is 4. The molecule has 3 heterocycles. The van der Waals surface area contributed by atoms with Crippen LogP contribution in [0.15, 0.2) is 82.8 Å². The molecule has 0 saturated heterocycles. The zero-order valence-corrected chi connectivity index (χ0v) is 18.1. The number of allylic oxidation sites excluding steroid dienone is 1. The number of halogens is 1. The van der Waals surface area contributed by atoms with Gasteiger partial charge < -0.3 is 10.5 Å². The van der Waals surface area contributed by atoms with E-state index in [-0.39, 0.29) is 5.88 Å². The number of nitrogens with two attached hydrogens (primary N) is 1. The summed E-state index contributed by atoms with van der Waals surface area (Å²) in [4.78, 5) is 0. The van der Waals surface area contributed by atoms with Crippen molar-refractivity contribution >= 4 is 15.9 Å². The van der Waals surface area contributed by atoms with Gasteiger partial charge >= 0.3 is 0 Å². The summed E-state index contributed by atoms with van der Waals surface area (Å²) in [5.74, 6) is 0.0488. The van der Waals surface area contributed by atoms with Gasteiger partial charge in [0.1, 0.15) is 17.3 Å². The molecule has 1 unspecified atom stereocenters. The minimum Gasteiger partial charge on any atom is -0.422 e. The highest BCUT2D eigenvalue weighted by molar-refractivity contribution is 9.10. The third-order valence-electron chi connectivity index (χ3n) is 5.31. The molecule has 1 atom stereocenters. The van der Waals surface area contributed by atoms with Crippen molar-refractivity contribution in [3.05, 3.63) is 94.0 Å². The van der Waals surface area contributed by atoms with Crippen molar-refractivity contribution in [3.8, 4) is 28.9 Å². The number of nitrogens with zero attached hydrogens (tertiary/aromatic N) is 5. The molecule has 0 radical (unpaired) electrons. The number of benzene rings is 2. The van der Waals surface area contributed by atoms with E-state index >= 15 is 0 Å². The van der Waals surface area contributed by atoms with Gasteiger partial charge in [-0.3, -0.25) is 4.68 Å². The number of ether oxygens (including phenoxy) is 1. The number of rotatable bonds is 3. The first-order valence-electron chi connectivity index (χ1n) is 9.59. The normalized spacial score (nSPS) is 15.3. The molecule has 5 rings (SSSR count). The first-order valence-corrected chi connectivity index (χ1v) is 10.4. The Labute approximate surface area is 187 Å². The van der Waals surface area contributed by atoms with Crippen molar-refractivity contribution in [2.75, 3.05) is 0 Å². The van der Waals surface area contributed by atoms with Crippen molar-refractivity contribution in [1.29, 1.82) is 5.26 Å². The van der Waals surface area contributed by atoms with Crippen molar-refractivity contribution < 1.29 is 4.74 Å². The zero-order chi connectivity index (χ0) is 21.5. The molecule has 2 aromatic carbocycles. The van der Waals surface area contributed by atoms with Crippen LogP contribution in [0.5, 0.6) is 5.88 Å². The van der Waals surface area contributed by atoms with Crippen molar-refractivity contribution in [2.45, 2.75) is 5.92 Å². The van der Waals surface area contributed by atoms with E-state index < -0.39 is 5.92 Å². The summed E-state index contributed by atoms with van der Waals surface area (Å²) in [6.45, 7) is 0. The first-order chi connectivity index (χ1) is 15.1. The number of fused-ring (bicyclic) bond motifs is 1. The van der Waals surface area contributed by atoms with E-state index in [4.69, 9.17) is 15.6 Å². The van der Waals surface area contributed by atoms with Crippen LogP contribution in [0.4, 0.5) is 0 Å². The van der Waals surface area contributed by atoms with Crippen molar-refractivity contribution in [3.63, 3.8) is 0 Å². The van der Waals surface area contributed by atoms with Crippen LogP contribution in [0.1, 0.15) is 17.2 Å². The van der Waals surface area contributed by atoms with Crippen LogP contribution in [0.3, 0.4) is 0 Å². The highest BCUT2D eigenvalue weighted by atomic mass is 79.9. The van der Waals surface area contributed by atoms with E-state index in [1.165, 1.54) is 0 Å². The Morgan fingerprint density at radius 2 is 1.77 bits per heavy atom. The van der Waals surface area contributed by atoms with Crippen molar-refractivity contribution in [2.24, 2.45) is 12.8 Å². The van der Waals surface area contributed by atoms with Gasteiger partial charge in [-0.25, -0.2) is 0 Å². The van der Waals surface area contributed by atoms with Gasteiger partial charge in [-0.15, -0.1) is 0 Å². The van der Waals surface area contributed by atoms with E-state index in [9.17, 15) is 5.26 Å². The van der Waals surface area contributed by atoms with E-state index in [0.717, 1.165) is 32.7 Å². The molecule has 2 N–H and O–H groups in total. The molecule has 152 valence electrons. The summed E-state index contributed by atoms with van der Waals surface area (Å²) in [5, 5.41) is 19.2. The molecule has 4 aromatic rings. The average molecular weight is 473 g/mol. The Morgan fingerprint density at radius 1 is 1.10 bits per heavy atom. The molecule has 0 spiro atoms. The van der Waals surface area contributed by atoms with Gasteiger partial charge in [-0.05, 0) is 28.1 Å². The van der Waals surface area contributed by atoms with Gasteiger partial charge in [-0.1, -0.05) is 48.5 Å². The summed E-state index contributed by atoms with van der Waals surface area (Å²) >= 11 is 3.59. The zero-order valence-electron chi connectivity index (χ0n) is 16.5. The van der Waals surface area contributed by atoms with Gasteiger partial charge in [0, 0.05) is 12.6 Å². The molecule has 1 aliphatic heterocycles. The lowest BCUT2D eigenvalue weighted by molar-refractivity contribution is 0.365. The third kappa shape index (κ3) is 3.02. The van der Waals surface area contributed by atoms with E-state index in [0.29, 0.717) is 11.5 Å². The van der Waals surface area contributed by atoms with Gasteiger partial charge in [0.15, 0.2) is 0 Å². The van der Waals surface area contributed by atoms with Crippen molar-refractivity contribution in [1.82, 2.24) is 19.6 Å². The van der Waals surface area contributed by atoms with Crippen LogP contribution < -0.4 is 10.5 Å². The van der Waals surface area contributed by atoms with E-state index in [1.807, 2.05) is 67.7 Å². The fourth-order valence-corrected chi connectivity index (χ4v) is 4.49. The van der Waals surface area contributed by atoms with Crippen LogP contribution in [0, 0.1) is 11.3 Å². The molecule has 31 heavy (non-hydrogen) atoms. The molecule has 0 bridgehead atoms. The van der Waals surface area contributed by atoms with Gasteiger partial charge in [0.05, 0.1) is 33.5 Å². The summed E-state index contributed by atoms with van der Waals surface area (Å²) in [7, 11) is 1.84. The summed E-state index contributed by atoms with van der Waals surface area (Å²) in [6.07, 6.45) is 1.71. The number of aryl methyl sites for hydroxylation is 1. The Kier molecular flexibility index (Phi) is 4.60. The Hall–Kier alpha value is -3.83. The molecule has 0 aliphatic carbocycles. The van der Waals surface area contributed by atoms with Gasteiger partial charge in [0.2, 0.25) is 11.8 Å². The maximum absolute atomic E-state index is 9.98. The molecule has 0 saturated carbocycles. The smallest absolute Gasteiger partial charge is 0.229 e. The van der Waals surface area contributed by atoms with Crippen LogP contribution in [-0.4, -0.2) is 19.6 Å². The molecular formula is C23H17BrN6O. The highest BCUT2D eigenvalue weighted by Gasteiger charge is 2.40. The average Bonchev–Trinajstić information content (AvgIpc) is 3.34. The number of hydrogen-bond acceptors (Lipinski definition) is 5. The molecular weight excluding hydrogens is 456 g/mol. The minimum absolute atomic E-state index is 0.0600. The highest BCUT2D eigenvalue weighted by Crippen LogP contribution is 2.48. The molecule has 0 fully saturated rings. The quantitative estimate of drug-likeness (QED) is 0.480. The third-order valence-corrected chi connectivity index (χ3v) is 5.92. The predicted molar refractivity (Wildman–Crippen MR) is 119 cm³/mol. The lowest BCUT2D eigenvalue weighted by Crippen LogP contribution is -2.23. The second kappa shape index (κ2) is 7.45. The van der Waals surface area contributed by atoms with Gasteiger partial charge in [0.25, 0.3) is 0 Å². The monoisotopic (exact) mass is 472 g/mol. The fraction of sp³-hybridized carbons (Fsp3) is 0.0870. The Balaban J connectivity index is 1.87. The molecule has 1 aliphatic rings. The van der Waals surface area contributed by atoms with E-state index in [1.54, 1.807) is 15.6 Å². The molecule has 2 aromatic heterocycles. The Morgan fingerprint density at radius 3 is 2.39 bits per heavy atom. The number of hydrogen-bond donors (Lipinski definition) is 1. The van der Waals surface area contributed by atoms with Gasteiger partial charge in [-0.2, -0.15) is 20.1 Å². The summed E-state index contributed by atoms with van der Waals surface area (Å²) < 4.78 is 10.3. The topological polar surface area (TPSA) is 94.7 Å². The summed E-state index contributed by atoms with van der Waals surface area (Å²) in [6, 6.07) is 21.8. The van der Waals surface area contributed by atoms with Crippen LogP contribution in [0.25, 0.3) is 16.9 Å². The van der Waals surface area contributed by atoms with Crippen LogP contribution >= 0.6 is 15.9 Å². The number of para-hydroxylation sites is 1. The first kappa shape index (κ1) is 19.2. The lowest BCUT2D eigenvalue weighted by Gasteiger charge is -2.25. The molecule has 8 heteroatoms. The second-order valence-corrected chi connectivity index (χ2v) is 7.96. The second-order valence-electron chi connectivity index (χ2n) is 7.11.